The van der Waals surface area contributed by atoms with Gasteiger partial charge in [0.1, 0.15) is 0 Å². The highest BCUT2D eigenvalue weighted by atomic mass is 16.5. The molecular formula is C16H24N4O. The van der Waals surface area contributed by atoms with Gasteiger partial charge in [0.15, 0.2) is 0 Å². The molecule has 0 aliphatic carbocycles. The minimum atomic E-state index is 0.243. The van der Waals surface area contributed by atoms with Gasteiger partial charge in [-0.05, 0) is 42.9 Å². The van der Waals surface area contributed by atoms with E-state index in [2.05, 4.69) is 35.9 Å². The van der Waals surface area contributed by atoms with Gasteiger partial charge >= 0.3 is 0 Å². The molecule has 1 unspecified atom stereocenters. The minimum Gasteiger partial charge on any atom is -0.339 e. The highest BCUT2D eigenvalue weighted by Gasteiger charge is 2.24. The quantitative estimate of drug-likeness (QED) is 0.883. The second-order valence-corrected chi connectivity index (χ2v) is 6.43. The predicted octanol–water partition coefficient (Wildman–Crippen LogP) is 3.08. The highest BCUT2D eigenvalue weighted by Crippen LogP contribution is 2.32. The molecule has 5 heteroatoms. The van der Waals surface area contributed by atoms with Crippen LogP contribution in [0, 0.1) is 11.3 Å². The maximum atomic E-state index is 5.72. The molecule has 0 fully saturated rings. The van der Waals surface area contributed by atoms with Crippen LogP contribution in [0.3, 0.4) is 0 Å². The number of aryl methyl sites for hydroxylation is 1. The molecule has 114 valence electrons. The molecule has 0 aromatic carbocycles. The van der Waals surface area contributed by atoms with Crippen LogP contribution in [-0.4, -0.2) is 21.7 Å². The SMILES string of the molecule is CC(C)(C)C(CCN)CCc1nc(-c2ccncc2)no1. The fraction of sp³-hybridized carbons (Fsp3) is 0.562. The summed E-state index contributed by atoms with van der Waals surface area (Å²) in [7, 11) is 0. The molecule has 0 bridgehead atoms. The molecule has 2 aromatic rings. The third-order valence-electron chi connectivity index (χ3n) is 3.85. The first-order valence-electron chi connectivity index (χ1n) is 7.43. The third-order valence-corrected chi connectivity index (χ3v) is 3.85. The van der Waals surface area contributed by atoms with Crippen molar-refractivity contribution in [1.29, 1.82) is 0 Å². The van der Waals surface area contributed by atoms with Crippen LogP contribution in [-0.2, 0) is 6.42 Å². The van der Waals surface area contributed by atoms with Gasteiger partial charge in [0, 0.05) is 24.4 Å². The number of aromatic nitrogens is 3. The van der Waals surface area contributed by atoms with Crippen molar-refractivity contribution in [3.63, 3.8) is 0 Å². The number of nitrogens with zero attached hydrogens (tertiary/aromatic N) is 3. The largest absolute Gasteiger partial charge is 0.339 e. The lowest BCUT2D eigenvalue weighted by Gasteiger charge is -2.30. The van der Waals surface area contributed by atoms with Crippen molar-refractivity contribution in [3.8, 4) is 11.4 Å². The van der Waals surface area contributed by atoms with Crippen molar-refractivity contribution in [2.24, 2.45) is 17.1 Å². The highest BCUT2D eigenvalue weighted by molar-refractivity contribution is 5.52. The topological polar surface area (TPSA) is 77.8 Å². The molecular weight excluding hydrogens is 264 g/mol. The second kappa shape index (κ2) is 6.80. The normalized spacial score (nSPS) is 13.3. The second-order valence-electron chi connectivity index (χ2n) is 6.43. The molecule has 5 nitrogen and oxygen atoms in total. The Balaban J connectivity index is 1.99. The van der Waals surface area contributed by atoms with E-state index in [1.54, 1.807) is 12.4 Å². The zero-order valence-corrected chi connectivity index (χ0v) is 13.0. The standard InChI is InChI=1S/C16H24N4O/c1-16(2,3)13(6-9-17)4-5-14-19-15(20-21-14)12-7-10-18-11-8-12/h7-8,10-11,13H,4-6,9,17H2,1-3H3. The molecule has 1 atom stereocenters. The summed E-state index contributed by atoms with van der Waals surface area (Å²) in [5.41, 5.74) is 6.89. The fourth-order valence-electron chi connectivity index (χ4n) is 2.48. The van der Waals surface area contributed by atoms with Crippen molar-refractivity contribution < 1.29 is 4.52 Å². The van der Waals surface area contributed by atoms with Crippen LogP contribution in [0.4, 0.5) is 0 Å². The minimum absolute atomic E-state index is 0.243. The molecule has 0 radical (unpaired) electrons. The molecule has 0 amide bonds. The van der Waals surface area contributed by atoms with E-state index in [9.17, 15) is 0 Å². The molecule has 0 saturated heterocycles. The van der Waals surface area contributed by atoms with Gasteiger partial charge < -0.3 is 10.3 Å². The Kier molecular flexibility index (Phi) is 5.07. The third kappa shape index (κ3) is 4.36. The summed E-state index contributed by atoms with van der Waals surface area (Å²) in [5, 5.41) is 4.03. The van der Waals surface area contributed by atoms with E-state index in [0.29, 0.717) is 24.2 Å². The van der Waals surface area contributed by atoms with Crippen LogP contribution in [0.25, 0.3) is 11.4 Å². The molecule has 2 N–H and O–H groups in total. The van der Waals surface area contributed by atoms with Crippen molar-refractivity contribution in [2.45, 2.75) is 40.0 Å². The van der Waals surface area contributed by atoms with Gasteiger partial charge in [-0.1, -0.05) is 25.9 Å². The first-order valence-corrected chi connectivity index (χ1v) is 7.43. The Bertz CT molecular complexity index is 545. The Hall–Kier alpha value is -1.75. The van der Waals surface area contributed by atoms with E-state index in [4.69, 9.17) is 10.3 Å². The van der Waals surface area contributed by atoms with Gasteiger partial charge in [0.2, 0.25) is 11.7 Å². The number of pyridine rings is 1. The van der Waals surface area contributed by atoms with Crippen LogP contribution < -0.4 is 5.73 Å². The van der Waals surface area contributed by atoms with Crippen LogP contribution >= 0.6 is 0 Å². The number of hydrogen-bond donors (Lipinski definition) is 1. The molecule has 0 aliphatic heterocycles. The van der Waals surface area contributed by atoms with Gasteiger partial charge in [0.05, 0.1) is 0 Å². The summed E-state index contributed by atoms with van der Waals surface area (Å²) in [6.07, 6.45) is 6.28. The number of hydrogen-bond acceptors (Lipinski definition) is 5. The summed E-state index contributed by atoms with van der Waals surface area (Å²) >= 11 is 0. The first kappa shape index (κ1) is 15.6. The molecule has 0 saturated carbocycles. The zero-order chi connectivity index (χ0) is 15.3. The average molecular weight is 288 g/mol. The maximum absolute atomic E-state index is 5.72. The average Bonchev–Trinajstić information content (AvgIpc) is 2.92. The smallest absolute Gasteiger partial charge is 0.226 e. The summed E-state index contributed by atoms with van der Waals surface area (Å²) < 4.78 is 5.35. The lowest BCUT2D eigenvalue weighted by atomic mass is 9.76. The summed E-state index contributed by atoms with van der Waals surface area (Å²) in [6, 6.07) is 3.75. The van der Waals surface area contributed by atoms with Gasteiger partial charge in [0.25, 0.3) is 0 Å². The van der Waals surface area contributed by atoms with Crippen molar-refractivity contribution in [3.05, 3.63) is 30.4 Å². The molecule has 21 heavy (non-hydrogen) atoms. The summed E-state index contributed by atoms with van der Waals surface area (Å²) in [5.74, 6) is 1.87. The Labute approximate surface area is 126 Å². The van der Waals surface area contributed by atoms with Gasteiger partial charge in [-0.15, -0.1) is 0 Å². The van der Waals surface area contributed by atoms with E-state index >= 15 is 0 Å². The van der Waals surface area contributed by atoms with E-state index in [1.165, 1.54) is 0 Å². The predicted molar refractivity (Wildman–Crippen MR) is 82.5 cm³/mol. The van der Waals surface area contributed by atoms with Crippen LogP contribution in [0.15, 0.2) is 29.0 Å². The number of nitrogens with two attached hydrogens (primary N) is 1. The van der Waals surface area contributed by atoms with E-state index < -0.39 is 0 Å². The molecule has 0 aliphatic rings. The van der Waals surface area contributed by atoms with Gasteiger partial charge in [-0.3, -0.25) is 4.98 Å². The van der Waals surface area contributed by atoms with E-state index in [-0.39, 0.29) is 5.41 Å². The fourth-order valence-corrected chi connectivity index (χ4v) is 2.48. The van der Waals surface area contributed by atoms with Crippen LogP contribution in [0.1, 0.15) is 39.5 Å². The lowest BCUT2D eigenvalue weighted by molar-refractivity contribution is 0.208. The molecule has 2 aromatic heterocycles. The molecule has 2 heterocycles. The first-order chi connectivity index (χ1) is 10.0. The molecule has 2 rings (SSSR count). The Morgan fingerprint density at radius 3 is 2.52 bits per heavy atom. The van der Waals surface area contributed by atoms with Crippen LogP contribution in [0.5, 0.6) is 0 Å². The van der Waals surface area contributed by atoms with E-state index in [1.807, 2.05) is 12.1 Å². The zero-order valence-electron chi connectivity index (χ0n) is 13.0. The Morgan fingerprint density at radius 2 is 1.90 bits per heavy atom. The maximum Gasteiger partial charge on any atom is 0.226 e. The van der Waals surface area contributed by atoms with Crippen molar-refractivity contribution in [1.82, 2.24) is 15.1 Å². The van der Waals surface area contributed by atoms with Crippen molar-refractivity contribution >= 4 is 0 Å². The monoisotopic (exact) mass is 288 g/mol. The van der Waals surface area contributed by atoms with E-state index in [0.717, 1.165) is 24.8 Å². The summed E-state index contributed by atoms with van der Waals surface area (Å²) in [4.78, 5) is 8.44. The van der Waals surface area contributed by atoms with Crippen LogP contribution in [0.2, 0.25) is 0 Å². The van der Waals surface area contributed by atoms with Gasteiger partial charge in [-0.25, -0.2) is 0 Å². The number of rotatable bonds is 6. The Morgan fingerprint density at radius 1 is 1.19 bits per heavy atom. The van der Waals surface area contributed by atoms with Crippen molar-refractivity contribution in [2.75, 3.05) is 6.54 Å². The molecule has 0 spiro atoms. The lowest BCUT2D eigenvalue weighted by Crippen LogP contribution is -2.24. The summed E-state index contributed by atoms with van der Waals surface area (Å²) in [6.45, 7) is 7.48. The van der Waals surface area contributed by atoms with Gasteiger partial charge in [-0.2, -0.15) is 4.98 Å².